The van der Waals surface area contributed by atoms with E-state index in [9.17, 15) is 5.11 Å². The van der Waals surface area contributed by atoms with Crippen LogP contribution < -0.4 is 0 Å². The Bertz CT molecular complexity index is 1460. The minimum Gasteiger partial charge on any atom is -0.508 e. The molecule has 3 nitrogen and oxygen atoms in total. The molecule has 1 saturated heterocycles. The molecule has 3 heteroatoms. The van der Waals surface area contributed by atoms with Crippen LogP contribution in [0.1, 0.15) is 27.9 Å². The van der Waals surface area contributed by atoms with Crippen LogP contribution >= 0.6 is 0 Å². The summed E-state index contributed by atoms with van der Waals surface area (Å²) < 4.78 is 0. The highest BCUT2D eigenvalue weighted by Gasteiger charge is 2.91. The smallest absolute Gasteiger partial charge is 0.115 e. The van der Waals surface area contributed by atoms with Crippen molar-refractivity contribution in [2.75, 3.05) is 13.1 Å². The maximum atomic E-state index is 10.4. The second-order valence-electron chi connectivity index (χ2n) is 10.9. The fourth-order valence-electron chi connectivity index (χ4n) is 8.50. The first-order chi connectivity index (χ1) is 16.1. The average molecular weight is 431 g/mol. The predicted molar refractivity (Wildman–Crippen MR) is 129 cm³/mol. The van der Waals surface area contributed by atoms with Gasteiger partial charge in [0.1, 0.15) is 5.75 Å². The third-order valence-electron chi connectivity index (χ3n) is 9.59. The maximum Gasteiger partial charge on any atom is 0.115 e. The summed E-state index contributed by atoms with van der Waals surface area (Å²) >= 11 is 0. The normalized spacial score (nSPS) is 30.9. The number of aromatic hydroxyl groups is 1. The molecule has 4 aromatic rings. The Morgan fingerprint density at radius 1 is 0.788 bits per heavy atom. The van der Waals surface area contributed by atoms with Gasteiger partial charge in [-0.15, -0.1) is 0 Å². The zero-order chi connectivity index (χ0) is 21.8. The second kappa shape index (κ2) is 5.84. The SMILES string of the molecule is Oc1ccc2c(c1)C13Cc4nc5ccccc5cc4CC14CN(Cc1ccccc1)CC43C2. The summed E-state index contributed by atoms with van der Waals surface area (Å²) in [6.07, 6.45) is 3.23. The van der Waals surface area contributed by atoms with Crippen molar-refractivity contribution in [3.05, 3.63) is 107 Å². The quantitative estimate of drug-likeness (QED) is 0.484. The number of hydrogen-bond donors (Lipinski definition) is 1. The van der Waals surface area contributed by atoms with Gasteiger partial charge in [0.05, 0.1) is 5.52 Å². The predicted octanol–water partition coefficient (Wildman–Crippen LogP) is 5.04. The van der Waals surface area contributed by atoms with Gasteiger partial charge in [-0.3, -0.25) is 9.88 Å². The van der Waals surface area contributed by atoms with E-state index in [-0.39, 0.29) is 16.2 Å². The van der Waals surface area contributed by atoms with Crippen molar-refractivity contribution in [2.24, 2.45) is 10.8 Å². The van der Waals surface area contributed by atoms with Crippen LogP contribution in [0, 0.1) is 10.8 Å². The van der Waals surface area contributed by atoms with Crippen LogP contribution in [0.4, 0.5) is 0 Å². The van der Waals surface area contributed by atoms with Crippen molar-refractivity contribution in [1.29, 1.82) is 0 Å². The molecule has 1 N–H and O–H groups in total. The summed E-state index contributed by atoms with van der Waals surface area (Å²) in [5, 5.41) is 11.7. The molecule has 3 aliphatic carbocycles. The summed E-state index contributed by atoms with van der Waals surface area (Å²) in [7, 11) is 0. The van der Waals surface area contributed by atoms with Crippen molar-refractivity contribution in [1.82, 2.24) is 9.88 Å². The average Bonchev–Trinajstić information content (AvgIpc) is 3.03. The molecular formula is C30H26N2O. The highest BCUT2D eigenvalue weighted by atomic mass is 16.3. The van der Waals surface area contributed by atoms with Crippen molar-refractivity contribution < 1.29 is 5.11 Å². The van der Waals surface area contributed by atoms with E-state index in [2.05, 4.69) is 77.7 Å². The number of aromatic nitrogens is 1. The molecule has 3 spiro atoms. The Morgan fingerprint density at radius 3 is 2.39 bits per heavy atom. The molecule has 162 valence electrons. The van der Waals surface area contributed by atoms with Crippen LogP contribution in [0.5, 0.6) is 5.75 Å². The largest absolute Gasteiger partial charge is 0.508 e. The summed E-state index contributed by atoms with van der Waals surface area (Å²) in [4.78, 5) is 7.87. The standard InChI is InChI=1S/C30H26N2O/c33-24-11-10-22-14-28-18-32(17-20-6-2-1-3-7-20)19-29(28)15-23-12-21-8-4-5-9-26(21)31-27(23)16-30(28,29)25(22)13-24/h1-13,33H,14-19H2. The fourth-order valence-corrected chi connectivity index (χ4v) is 8.50. The van der Waals surface area contributed by atoms with E-state index >= 15 is 0 Å². The van der Waals surface area contributed by atoms with E-state index in [1.165, 1.54) is 33.3 Å². The van der Waals surface area contributed by atoms with Gasteiger partial charge in [0, 0.05) is 53.4 Å². The molecule has 2 heterocycles. The number of hydrogen-bond acceptors (Lipinski definition) is 3. The molecule has 1 aromatic heterocycles. The molecule has 0 bridgehead atoms. The van der Waals surface area contributed by atoms with Crippen molar-refractivity contribution in [2.45, 2.75) is 31.2 Å². The number of benzene rings is 3. The number of para-hydroxylation sites is 1. The van der Waals surface area contributed by atoms with Gasteiger partial charge in [0.15, 0.2) is 0 Å². The van der Waals surface area contributed by atoms with Crippen molar-refractivity contribution in [3.63, 3.8) is 0 Å². The number of phenols is 1. The number of rotatable bonds is 2. The highest BCUT2D eigenvalue weighted by molar-refractivity contribution is 5.80. The highest BCUT2D eigenvalue weighted by Crippen LogP contribution is 2.88. The maximum absolute atomic E-state index is 10.4. The summed E-state index contributed by atoms with van der Waals surface area (Å²) in [5.41, 5.74) is 8.67. The van der Waals surface area contributed by atoms with Gasteiger partial charge in [0.25, 0.3) is 0 Å². The third-order valence-corrected chi connectivity index (χ3v) is 9.59. The molecule has 3 unspecified atom stereocenters. The molecule has 4 aliphatic rings. The molecule has 2 fully saturated rings. The fraction of sp³-hybridized carbons (Fsp3) is 0.300. The lowest BCUT2D eigenvalue weighted by atomic mass is 9.72. The molecule has 3 aromatic carbocycles. The van der Waals surface area contributed by atoms with Gasteiger partial charge in [-0.25, -0.2) is 0 Å². The molecule has 1 saturated carbocycles. The van der Waals surface area contributed by atoms with E-state index in [0.717, 1.165) is 44.4 Å². The van der Waals surface area contributed by atoms with Gasteiger partial charge in [-0.1, -0.05) is 54.6 Å². The zero-order valence-electron chi connectivity index (χ0n) is 18.6. The summed E-state index contributed by atoms with van der Waals surface area (Å²) in [6, 6.07) is 28.0. The van der Waals surface area contributed by atoms with E-state index in [1.54, 1.807) is 0 Å². The molecular weight excluding hydrogens is 404 g/mol. The minimum absolute atomic E-state index is 0.115. The van der Waals surface area contributed by atoms with Gasteiger partial charge in [-0.2, -0.15) is 0 Å². The van der Waals surface area contributed by atoms with Crippen molar-refractivity contribution >= 4 is 10.9 Å². The molecule has 8 rings (SSSR count). The third kappa shape index (κ3) is 2.04. The molecule has 3 atom stereocenters. The number of pyridine rings is 1. The van der Waals surface area contributed by atoms with Crippen LogP contribution in [0.25, 0.3) is 10.9 Å². The van der Waals surface area contributed by atoms with E-state index in [4.69, 9.17) is 4.98 Å². The van der Waals surface area contributed by atoms with Crippen molar-refractivity contribution in [3.8, 4) is 5.75 Å². The van der Waals surface area contributed by atoms with Crippen LogP contribution in [0.15, 0.2) is 78.9 Å². The Kier molecular flexibility index (Phi) is 3.24. The summed E-state index contributed by atoms with van der Waals surface area (Å²) in [6.45, 7) is 3.28. The van der Waals surface area contributed by atoms with Gasteiger partial charge >= 0.3 is 0 Å². The minimum atomic E-state index is 0.115. The number of fused-ring (bicyclic) bond motifs is 3. The number of phenolic OH excluding ortho intramolecular Hbond substituents is 1. The van der Waals surface area contributed by atoms with Crippen LogP contribution in [-0.4, -0.2) is 28.1 Å². The van der Waals surface area contributed by atoms with E-state index in [1.807, 2.05) is 6.07 Å². The zero-order valence-corrected chi connectivity index (χ0v) is 18.6. The Balaban J connectivity index is 1.28. The molecule has 0 radical (unpaired) electrons. The second-order valence-corrected chi connectivity index (χ2v) is 10.9. The van der Waals surface area contributed by atoms with E-state index in [0.29, 0.717) is 5.75 Å². The monoisotopic (exact) mass is 430 g/mol. The Morgan fingerprint density at radius 2 is 1.55 bits per heavy atom. The van der Waals surface area contributed by atoms with Crippen LogP contribution in [-0.2, 0) is 31.2 Å². The van der Waals surface area contributed by atoms with E-state index < -0.39 is 0 Å². The molecule has 33 heavy (non-hydrogen) atoms. The first-order valence-corrected chi connectivity index (χ1v) is 12.1. The van der Waals surface area contributed by atoms with Gasteiger partial charge in [-0.05, 0) is 59.4 Å². The van der Waals surface area contributed by atoms with Gasteiger partial charge < -0.3 is 5.11 Å². The molecule has 0 amide bonds. The van der Waals surface area contributed by atoms with Crippen LogP contribution in [0.2, 0.25) is 0 Å². The number of nitrogens with zero attached hydrogens (tertiary/aromatic N) is 2. The Labute approximate surface area is 193 Å². The number of piperidine rings is 1. The molecule has 1 aliphatic heterocycles. The lowest BCUT2D eigenvalue weighted by Gasteiger charge is -2.35. The number of likely N-dealkylation sites (tertiary alicyclic amines) is 1. The van der Waals surface area contributed by atoms with Gasteiger partial charge in [0.2, 0.25) is 0 Å². The lowest BCUT2D eigenvalue weighted by Crippen LogP contribution is -2.39. The first kappa shape index (κ1) is 18.3. The topological polar surface area (TPSA) is 36.4 Å². The van der Waals surface area contributed by atoms with Crippen LogP contribution in [0.3, 0.4) is 0 Å². The summed E-state index contributed by atoms with van der Waals surface area (Å²) in [5.74, 6) is 0.402. The lowest BCUT2D eigenvalue weighted by molar-refractivity contribution is 0.214. The first-order valence-electron chi connectivity index (χ1n) is 12.1. The Hall–Kier alpha value is -3.17.